The zero-order valence-corrected chi connectivity index (χ0v) is 18.9. The van der Waals surface area contributed by atoms with Gasteiger partial charge in [-0.15, -0.1) is 0 Å². The molecule has 1 saturated carbocycles. The van der Waals surface area contributed by atoms with Crippen LogP contribution in [0.25, 0.3) is 11.1 Å². The number of carbonyl (C=O) groups excluding carboxylic acids is 1. The zero-order chi connectivity index (χ0) is 23.3. The number of benzene rings is 2. The van der Waals surface area contributed by atoms with E-state index in [1.165, 1.54) is 11.6 Å². The van der Waals surface area contributed by atoms with Gasteiger partial charge in [0.1, 0.15) is 5.82 Å². The molecule has 2 aromatic carbocycles. The Bertz CT molecular complexity index is 1240. The second kappa shape index (κ2) is 8.14. The van der Waals surface area contributed by atoms with Gasteiger partial charge in [-0.25, -0.2) is 14.4 Å². The van der Waals surface area contributed by atoms with Crippen molar-refractivity contribution < 1.29 is 18.7 Å². The van der Waals surface area contributed by atoms with Crippen molar-refractivity contribution >= 4 is 17.5 Å². The van der Waals surface area contributed by atoms with Crippen LogP contribution in [0.3, 0.4) is 0 Å². The smallest absolute Gasteiger partial charge is 0.253 e. The maximum atomic E-state index is 14.2. The van der Waals surface area contributed by atoms with Gasteiger partial charge < -0.3 is 19.3 Å². The molecular formula is C26H25FN4O3. The molecule has 1 spiro atoms. The molecule has 0 N–H and O–H groups in total. The first kappa shape index (κ1) is 21.2. The highest BCUT2D eigenvalue weighted by molar-refractivity contribution is 5.96. The number of rotatable bonds is 5. The standard InChI is InChI=1S/C26H25FN4O3/c1-30(15-23-33-10-11-34-23)24(32)17-6-7-20-22(12-17)31(16-26(20)8-9-26)25-28-13-18(14-29-25)19-4-2-3-5-21(19)27/h2-7,12-14,23H,8-11,15-16H2,1H3. The summed E-state index contributed by atoms with van der Waals surface area (Å²) in [6.07, 6.45) is 5.14. The third-order valence-electron chi connectivity index (χ3n) is 6.95. The van der Waals surface area contributed by atoms with Gasteiger partial charge in [0, 0.05) is 53.8 Å². The topological polar surface area (TPSA) is 67.8 Å². The molecule has 1 amide bonds. The Balaban J connectivity index is 1.28. The maximum Gasteiger partial charge on any atom is 0.253 e. The molecule has 2 aliphatic heterocycles. The predicted molar refractivity (Wildman–Crippen MR) is 124 cm³/mol. The fourth-order valence-corrected chi connectivity index (χ4v) is 4.90. The van der Waals surface area contributed by atoms with Crippen LogP contribution in [0.5, 0.6) is 0 Å². The molecule has 1 saturated heterocycles. The SMILES string of the molecule is CN(CC1OCCO1)C(=O)c1ccc2c(c1)N(c1ncc(-c3ccccc3F)cn1)CC21CC1. The zero-order valence-electron chi connectivity index (χ0n) is 18.9. The van der Waals surface area contributed by atoms with Gasteiger partial charge in [0.25, 0.3) is 5.91 Å². The van der Waals surface area contributed by atoms with Crippen LogP contribution in [0.15, 0.2) is 54.9 Å². The van der Waals surface area contributed by atoms with Crippen molar-refractivity contribution in [3.8, 4) is 11.1 Å². The van der Waals surface area contributed by atoms with Crippen LogP contribution < -0.4 is 4.90 Å². The molecule has 0 atom stereocenters. The van der Waals surface area contributed by atoms with Crippen molar-refractivity contribution in [1.82, 2.24) is 14.9 Å². The largest absolute Gasteiger partial charge is 0.348 e. The number of anilines is 2. The first-order chi connectivity index (χ1) is 16.5. The molecule has 3 aliphatic rings. The van der Waals surface area contributed by atoms with Crippen LogP contribution >= 0.6 is 0 Å². The summed E-state index contributed by atoms with van der Waals surface area (Å²) in [4.78, 5) is 26.0. The third kappa shape index (κ3) is 3.63. The lowest BCUT2D eigenvalue weighted by molar-refractivity contribution is -0.0543. The average Bonchev–Trinajstić information content (AvgIpc) is 3.32. The van der Waals surface area contributed by atoms with Crippen LogP contribution in [0.1, 0.15) is 28.8 Å². The molecular weight excluding hydrogens is 435 g/mol. The number of ether oxygens (including phenoxy) is 2. The lowest BCUT2D eigenvalue weighted by atomic mass is 9.97. The number of nitrogens with zero attached hydrogens (tertiary/aromatic N) is 4. The maximum absolute atomic E-state index is 14.2. The quantitative estimate of drug-likeness (QED) is 0.575. The first-order valence-corrected chi connectivity index (χ1v) is 11.5. The van der Waals surface area contributed by atoms with Crippen molar-refractivity contribution in [1.29, 1.82) is 0 Å². The summed E-state index contributed by atoms with van der Waals surface area (Å²) in [6, 6.07) is 12.5. The second-order valence-corrected chi connectivity index (χ2v) is 9.21. The number of amides is 1. The highest BCUT2D eigenvalue weighted by Gasteiger charge is 2.52. The summed E-state index contributed by atoms with van der Waals surface area (Å²) in [5.41, 5.74) is 4.00. The lowest BCUT2D eigenvalue weighted by Crippen LogP contribution is -2.34. The van der Waals surface area contributed by atoms with Gasteiger partial charge in [-0.05, 0) is 36.6 Å². The molecule has 8 heteroatoms. The third-order valence-corrected chi connectivity index (χ3v) is 6.95. The summed E-state index contributed by atoms with van der Waals surface area (Å²) < 4.78 is 25.1. The minimum Gasteiger partial charge on any atom is -0.348 e. The van der Waals surface area contributed by atoms with Gasteiger partial charge in [0.2, 0.25) is 5.95 Å². The molecule has 174 valence electrons. The monoisotopic (exact) mass is 460 g/mol. The number of likely N-dealkylation sites (N-methyl/N-ethyl adjacent to an activating group) is 1. The Morgan fingerprint density at radius 3 is 2.59 bits per heavy atom. The summed E-state index contributed by atoms with van der Waals surface area (Å²) in [5.74, 6) is 0.160. The molecule has 1 aromatic heterocycles. The van der Waals surface area contributed by atoms with E-state index >= 15 is 0 Å². The summed E-state index contributed by atoms with van der Waals surface area (Å²) in [5, 5.41) is 0. The van der Waals surface area contributed by atoms with E-state index in [0.717, 1.165) is 25.1 Å². The highest BCUT2D eigenvalue weighted by Crippen LogP contribution is 2.57. The fourth-order valence-electron chi connectivity index (χ4n) is 4.90. The molecule has 3 heterocycles. The average molecular weight is 461 g/mol. The number of aromatic nitrogens is 2. The van der Waals surface area contributed by atoms with Gasteiger partial charge in [-0.2, -0.15) is 0 Å². The molecule has 0 unspecified atom stereocenters. The molecule has 3 aromatic rings. The molecule has 1 aliphatic carbocycles. The van der Waals surface area contributed by atoms with Crippen molar-refractivity contribution in [2.45, 2.75) is 24.5 Å². The van der Waals surface area contributed by atoms with Crippen molar-refractivity contribution in [3.63, 3.8) is 0 Å². The fraction of sp³-hybridized carbons (Fsp3) is 0.346. The van der Waals surface area contributed by atoms with Gasteiger partial charge in [-0.1, -0.05) is 24.3 Å². The molecule has 6 rings (SSSR count). The van der Waals surface area contributed by atoms with E-state index in [1.807, 2.05) is 12.1 Å². The van der Waals surface area contributed by atoms with E-state index < -0.39 is 0 Å². The number of hydrogen-bond donors (Lipinski definition) is 0. The van der Waals surface area contributed by atoms with Crippen LogP contribution in [-0.2, 0) is 14.9 Å². The lowest BCUT2D eigenvalue weighted by Gasteiger charge is -2.22. The number of hydrogen-bond acceptors (Lipinski definition) is 6. The summed E-state index contributed by atoms with van der Waals surface area (Å²) in [6.45, 7) is 2.26. The van der Waals surface area contributed by atoms with Crippen molar-refractivity contribution in [2.75, 3.05) is 38.3 Å². The van der Waals surface area contributed by atoms with E-state index in [2.05, 4.69) is 20.9 Å². The van der Waals surface area contributed by atoms with E-state index in [-0.39, 0.29) is 23.4 Å². The normalized spacial score (nSPS) is 18.4. The Kier molecular flexibility index (Phi) is 5.08. The van der Waals surface area contributed by atoms with Gasteiger partial charge in [0.15, 0.2) is 6.29 Å². The minimum absolute atomic E-state index is 0.0885. The summed E-state index contributed by atoms with van der Waals surface area (Å²) in [7, 11) is 1.76. The van der Waals surface area contributed by atoms with E-state index in [9.17, 15) is 9.18 Å². The number of carbonyl (C=O) groups is 1. The highest BCUT2D eigenvalue weighted by atomic mass is 19.1. The Hall–Kier alpha value is -3.36. The van der Waals surface area contributed by atoms with E-state index in [0.29, 0.717) is 42.4 Å². The number of halogens is 1. The van der Waals surface area contributed by atoms with E-state index in [1.54, 1.807) is 42.5 Å². The van der Waals surface area contributed by atoms with Crippen LogP contribution in [0, 0.1) is 5.82 Å². The van der Waals surface area contributed by atoms with Crippen LogP contribution in [-0.4, -0.2) is 60.4 Å². The molecule has 7 nitrogen and oxygen atoms in total. The Morgan fingerprint density at radius 2 is 1.88 bits per heavy atom. The van der Waals surface area contributed by atoms with Gasteiger partial charge >= 0.3 is 0 Å². The molecule has 0 radical (unpaired) electrons. The Morgan fingerprint density at radius 1 is 1.15 bits per heavy atom. The van der Waals surface area contributed by atoms with Crippen molar-refractivity contribution in [2.24, 2.45) is 0 Å². The Labute approximate surface area is 197 Å². The van der Waals surface area contributed by atoms with Crippen molar-refractivity contribution in [3.05, 3.63) is 71.8 Å². The molecule has 2 fully saturated rings. The van der Waals surface area contributed by atoms with Gasteiger partial charge in [-0.3, -0.25) is 4.79 Å². The van der Waals surface area contributed by atoms with Gasteiger partial charge in [0.05, 0.1) is 19.8 Å². The van der Waals surface area contributed by atoms with Crippen LogP contribution in [0.2, 0.25) is 0 Å². The predicted octanol–water partition coefficient (Wildman–Crippen LogP) is 3.91. The minimum atomic E-state index is -0.379. The van der Waals surface area contributed by atoms with Crippen LogP contribution in [0.4, 0.5) is 16.0 Å². The van der Waals surface area contributed by atoms with E-state index in [4.69, 9.17) is 9.47 Å². The summed E-state index contributed by atoms with van der Waals surface area (Å²) >= 11 is 0. The first-order valence-electron chi connectivity index (χ1n) is 11.5. The molecule has 34 heavy (non-hydrogen) atoms. The number of fused-ring (bicyclic) bond motifs is 2. The molecule has 0 bridgehead atoms. The second-order valence-electron chi connectivity index (χ2n) is 9.21.